The molecule has 0 heterocycles. The Morgan fingerprint density at radius 3 is 2.40 bits per heavy atom. The van der Waals surface area contributed by atoms with Crippen molar-refractivity contribution in [2.45, 2.75) is 51.0 Å². The fourth-order valence-electron chi connectivity index (χ4n) is 3.08. The first-order chi connectivity index (χ1) is 12.1. The van der Waals surface area contributed by atoms with Gasteiger partial charge in [-0.15, -0.1) is 0 Å². The monoisotopic (exact) mass is 348 g/mol. The van der Waals surface area contributed by atoms with Gasteiger partial charge in [0.15, 0.2) is 0 Å². The van der Waals surface area contributed by atoms with Crippen molar-refractivity contribution in [2.75, 3.05) is 39.2 Å². The molecule has 5 nitrogen and oxygen atoms in total. The van der Waals surface area contributed by atoms with Crippen LogP contribution in [0.25, 0.3) is 0 Å². The summed E-state index contributed by atoms with van der Waals surface area (Å²) in [7, 11) is 4.04. The second-order valence-electron chi connectivity index (χ2n) is 7.03. The number of amides is 1. The number of ether oxygens (including phenoxy) is 2. The normalized spacial score (nSPS) is 16.6. The van der Waals surface area contributed by atoms with Crippen LogP contribution in [-0.2, 0) is 9.53 Å². The minimum atomic E-state index is -0.658. The lowest BCUT2D eigenvalue weighted by molar-refractivity contribution is -0.146. The largest absolute Gasteiger partial charge is 0.492 e. The quantitative estimate of drug-likeness (QED) is 0.739. The second-order valence-corrected chi connectivity index (χ2v) is 7.03. The summed E-state index contributed by atoms with van der Waals surface area (Å²) in [6.07, 6.45) is 5.83. The van der Waals surface area contributed by atoms with E-state index in [1.54, 1.807) is 0 Å². The van der Waals surface area contributed by atoms with E-state index in [4.69, 9.17) is 9.47 Å². The highest BCUT2D eigenvalue weighted by Gasteiger charge is 2.40. The van der Waals surface area contributed by atoms with Gasteiger partial charge in [-0.05, 0) is 57.6 Å². The number of nitrogens with one attached hydrogen (secondary N) is 1. The first-order valence-electron chi connectivity index (χ1n) is 9.39. The summed E-state index contributed by atoms with van der Waals surface area (Å²) < 4.78 is 11.7. The van der Waals surface area contributed by atoms with Gasteiger partial charge in [0.05, 0.1) is 0 Å². The number of rotatable bonds is 9. The summed E-state index contributed by atoms with van der Waals surface area (Å²) in [6, 6.07) is 7.57. The van der Waals surface area contributed by atoms with Crippen LogP contribution < -0.4 is 10.1 Å². The zero-order chi connectivity index (χ0) is 18.1. The van der Waals surface area contributed by atoms with Gasteiger partial charge >= 0.3 is 0 Å². The Bertz CT molecular complexity index is 522. The Morgan fingerprint density at radius 1 is 1.12 bits per heavy atom. The number of nitrogens with zero attached hydrogens (tertiary/aromatic N) is 1. The predicted molar refractivity (Wildman–Crippen MR) is 101 cm³/mol. The van der Waals surface area contributed by atoms with Crippen molar-refractivity contribution in [1.82, 2.24) is 4.90 Å². The van der Waals surface area contributed by atoms with Crippen molar-refractivity contribution >= 4 is 11.6 Å². The van der Waals surface area contributed by atoms with E-state index in [1.165, 1.54) is 6.42 Å². The van der Waals surface area contributed by atoms with E-state index in [0.717, 1.165) is 50.1 Å². The molecule has 0 unspecified atom stereocenters. The molecular weight excluding hydrogens is 316 g/mol. The smallest absolute Gasteiger partial charge is 0.256 e. The maximum Gasteiger partial charge on any atom is 0.256 e. The van der Waals surface area contributed by atoms with Gasteiger partial charge in [-0.25, -0.2) is 0 Å². The average Bonchev–Trinajstić information content (AvgIpc) is 2.62. The van der Waals surface area contributed by atoms with Crippen LogP contribution in [-0.4, -0.2) is 50.3 Å². The molecule has 1 aromatic rings. The molecule has 5 heteroatoms. The maximum atomic E-state index is 12.9. The Hall–Kier alpha value is -1.59. The van der Waals surface area contributed by atoms with Gasteiger partial charge in [0, 0.05) is 18.8 Å². The molecule has 0 spiro atoms. The van der Waals surface area contributed by atoms with Gasteiger partial charge in [0.25, 0.3) is 5.91 Å². The third kappa shape index (κ3) is 6.01. The summed E-state index contributed by atoms with van der Waals surface area (Å²) in [6.45, 7) is 4.22. The van der Waals surface area contributed by atoms with Crippen molar-refractivity contribution < 1.29 is 14.3 Å². The van der Waals surface area contributed by atoms with E-state index in [0.29, 0.717) is 13.2 Å². The zero-order valence-electron chi connectivity index (χ0n) is 15.8. The number of anilines is 1. The van der Waals surface area contributed by atoms with Crippen LogP contribution in [0.2, 0.25) is 0 Å². The highest BCUT2D eigenvalue weighted by molar-refractivity contribution is 5.97. The summed E-state index contributed by atoms with van der Waals surface area (Å²) >= 11 is 0. The molecule has 25 heavy (non-hydrogen) atoms. The molecule has 1 aliphatic carbocycles. The van der Waals surface area contributed by atoms with Crippen LogP contribution in [0.15, 0.2) is 24.3 Å². The van der Waals surface area contributed by atoms with Crippen LogP contribution in [0.1, 0.15) is 45.4 Å². The van der Waals surface area contributed by atoms with E-state index in [-0.39, 0.29) is 5.91 Å². The molecule has 1 aliphatic rings. The Balaban J connectivity index is 1.93. The number of hydrogen-bond acceptors (Lipinski definition) is 4. The molecule has 0 bridgehead atoms. The minimum Gasteiger partial charge on any atom is -0.492 e. The number of carbonyl (C=O) groups is 1. The molecule has 1 amide bonds. The Morgan fingerprint density at radius 2 is 1.80 bits per heavy atom. The molecule has 0 aromatic heterocycles. The number of likely N-dealkylation sites (N-methyl/N-ethyl adjacent to an activating group) is 1. The van der Waals surface area contributed by atoms with E-state index < -0.39 is 5.60 Å². The molecule has 1 N–H and O–H groups in total. The van der Waals surface area contributed by atoms with Crippen molar-refractivity contribution in [2.24, 2.45) is 0 Å². The summed E-state index contributed by atoms with van der Waals surface area (Å²) in [4.78, 5) is 14.9. The molecular formula is C20H32N2O3. The molecule has 0 saturated heterocycles. The minimum absolute atomic E-state index is 0.0121. The zero-order valence-corrected chi connectivity index (χ0v) is 15.8. The van der Waals surface area contributed by atoms with Gasteiger partial charge < -0.3 is 19.7 Å². The predicted octanol–water partition coefficient (Wildman–Crippen LogP) is 3.70. The number of carbonyl (C=O) groups excluding carboxylic acids is 1. The lowest BCUT2D eigenvalue weighted by Gasteiger charge is -2.35. The van der Waals surface area contributed by atoms with Crippen LogP contribution >= 0.6 is 0 Å². The van der Waals surface area contributed by atoms with Gasteiger partial charge in [0.1, 0.15) is 18.0 Å². The fraction of sp³-hybridized carbons (Fsp3) is 0.650. The standard InChI is InChI=1S/C20H32N2O3/c1-4-15-25-20(12-6-5-7-13-20)19(23)21-17-8-10-18(11-9-17)24-16-14-22(2)3/h8-11H,4-7,12-16H2,1-3H3,(H,21,23). The topological polar surface area (TPSA) is 50.8 Å². The molecule has 1 fully saturated rings. The lowest BCUT2D eigenvalue weighted by atomic mass is 9.83. The molecule has 0 radical (unpaired) electrons. The molecule has 0 atom stereocenters. The fourth-order valence-corrected chi connectivity index (χ4v) is 3.08. The van der Waals surface area contributed by atoms with Crippen LogP contribution in [0.4, 0.5) is 5.69 Å². The first kappa shape index (κ1) is 19.7. The summed E-state index contributed by atoms with van der Waals surface area (Å²) in [5.41, 5.74) is 0.129. The van der Waals surface area contributed by atoms with Crippen LogP contribution in [0.5, 0.6) is 5.75 Å². The third-order valence-corrected chi connectivity index (χ3v) is 4.58. The van der Waals surface area contributed by atoms with E-state index >= 15 is 0 Å². The van der Waals surface area contributed by atoms with Crippen molar-refractivity contribution in [3.63, 3.8) is 0 Å². The lowest BCUT2D eigenvalue weighted by Crippen LogP contribution is -2.47. The highest BCUT2D eigenvalue weighted by atomic mass is 16.5. The summed E-state index contributed by atoms with van der Waals surface area (Å²) in [5.74, 6) is 0.802. The van der Waals surface area contributed by atoms with Crippen LogP contribution in [0, 0.1) is 0 Å². The average molecular weight is 348 g/mol. The first-order valence-corrected chi connectivity index (χ1v) is 9.39. The molecule has 2 rings (SSSR count). The molecule has 0 aliphatic heterocycles. The van der Waals surface area contributed by atoms with Gasteiger partial charge in [-0.3, -0.25) is 4.79 Å². The highest BCUT2D eigenvalue weighted by Crippen LogP contribution is 2.33. The van der Waals surface area contributed by atoms with Gasteiger partial charge in [0.2, 0.25) is 0 Å². The molecule has 140 valence electrons. The SMILES string of the molecule is CCCOC1(C(=O)Nc2ccc(OCCN(C)C)cc2)CCCCC1. The van der Waals surface area contributed by atoms with E-state index in [9.17, 15) is 4.79 Å². The summed E-state index contributed by atoms with van der Waals surface area (Å²) in [5, 5.41) is 3.04. The Labute approximate surface area is 151 Å². The van der Waals surface area contributed by atoms with Crippen molar-refractivity contribution in [1.29, 1.82) is 0 Å². The second kappa shape index (κ2) is 9.78. The number of hydrogen-bond donors (Lipinski definition) is 1. The number of benzene rings is 1. The molecule has 1 saturated carbocycles. The Kier molecular flexibility index (Phi) is 7.72. The third-order valence-electron chi connectivity index (χ3n) is 4.58. The van der Waals surface area contributed by atoms with Gasteiger partial charge in [-0.1, -0.05) is 26.2 Å². The van der Waals surface area contributed by atoms with Crippen LogP contribution in [0.3, 0.4) is 0 Å². The van der Waals surface area contributed by atoms with Crippen molar-refractivity contribution in [3.8, 4) is 5.75 Å². The van der Waals surface area contributed by atoms with E-state index in [2.05, 4.69) is 17.1 Å². The van der Waals surface area contributed by atoms with Gasteiger partial charge in [-0.2, -0.15) is 0 Å². The van der Waals surface area contributed by atoms with Crippen molar-refractivity contribution in [3.05, 3.63) is 24.3 Å². The molecule has 1 aromatic carbocycles. The maximum absolute atomic E-state index is 12.9. The van der Waals surface area contributed by atoms with E-state index in [1.807, 2.05) is 38.4 Å².